The third-order valence-electron chi connectivity index (χ3n) is 20.0. The van der Waals surface area contributed by atoms with Crippen LogP contribution in [0.15, 0.2) is 140 Å². The third kappa shape index (κ3) is 37.3. The first kappa shape index (κ1) is 103. The predicted octanol–water partition coefficient (Wildman–Crippen LogP) is -3.26. The summed E-state index contributed by atoms with van der Waals surface area (Å²) in [5.41, 5.74) is 37.1. The van der Waals surface area contributed by atoms with Crippen molar-refractivity contribution in [2.45, 2.75) is 202 Å². The van der Waals surface area contributed by atoms with Crippen molar-refractivity contribution < 1.29 is 82.1 Å². The van der Waals surface area contributed by atoms with Crippen LogP contribution in [0.2, 0.25) is 0 Å². The van der Waals surface area contributed by atoms with Crippen LogP contribution >= 0.6 is 21.6 Å². The highest BCUT2D eigenvalue weighted by Gasteiger charge is 2.39. The molecule has 688 valence electrons. The van der Waals surface area contributed by atoms with Crippen LogP contribution in [0, 0.1) is 16.7 Å². The van der Waals surface area contributed by atoms with Gasteiger partial charge in [-0.3, -0.25) is 82.7 Å². The Morgan fingerprint density at radius 1 is 0.449 bits per heavy atom. The van der Waals surface area contributed by atoms with Gasteiger partial charge in [-0.1, -0.05) is 151 Å². The average molecular weight is 1800 g/mol. The van der Waals surface area contributed by atoms with Gasteiger partial charge in [0.25, 0.3) is 0 Å². The molecule has 5 aromatic carbocycles. The van der Waals surface area contributed by atoms with Crippen LogP contribution in [0.5, 0.6) is 11.5 Å². The second kappa shape index (κ2) is 53.3. The van der Waals surface area contributed by atoms with Gasteiger partial charge in [-0.15, -0.1) is 0 Å². The minimum atomic E-state index is -1.85. The summed E-state index contributed by atoms with van der Waals surface area (Å²) in [6, 6.07) is 14.3. The van der Waals surface area contributed by atoms with Crippen molar-refractivity contribution in [1.29, 1.82) is 10.8 Å². The minimum absolute atomic E-state index is 0.0221. The molecule has 0 aliphatic carbocycles. The lowest BCUT2D eigenvalue weighted by Crippen LogP contribution is -2.61. The summed E-state index contributed by atoms with van der Waals surface area (Å²) in [5, 5.41) is 75.4. The average Bonchev–Trinajstić information content (AvgIpc) is 0.824. The van der Waals surface area contributed by atoms with Gasteiger partial charge in [-0.2, -0.15) is 0 Å². The lowest BCUT2D eigenvalue weighted by atomic mass is 10.0. The lowest BCUT2D eigenvalue weighted by molar-refractivity contribution is -0.136. The molecule has 42 heteroatoms. The molecule has 31 N–H and O–H groups in total. The number of primary amides is 2. The molecule has 15 amide bonds. The van der Waals surface area contributed by atoms with Gasteiger partial charge in [0, 0.05) is 50.3 Å². The highest BCUT2D eigenvalue weighted by Crippen LogP contribution is 2.25. The quantitative estimate of drug-likeness (QED) is 0.00795. The predicted molar refractivity (Wildman–Crippen MR) is 477 cm³/mol. The maximum atomic E-state index is 15.5. The van der Waals surface area contributed by atoms with Gasteiger partial charge in [0.1, 0.15) is 90.0 Å². The summed E-state index contributed by atoms with van der Waals surface area (Å²) in [6.07, 6.45) is -1.45. The number of hydrogen-bond acceptors (Lipinski definition) is 23. The zero-order valence-corrected chi connectivity index (χ0v) is 72.8. The molecule has 0 spiro atoms. The first-order valence-electron chi connectivity index (χ1n) is 41.5. The van der Waals surface area contributed by atoms with Crippen molar-refractivity contribution in [3.63, 3.8) is 0 Å². The first-order valence-corrected chi connectivity index (χ1v) is 44.0. The Morgan fingerprint density at radius 3 is 1.36 bits per heavy atom. The number of guanidine groups is 2. The number of phenols is 2. The SMILES string of the molecule is CC(C)C[C@H](NC(=O)[C@H](CCCCN)NC(=O)[C@H](CCCNC(=N)N)NC(=O)[C@H](C)NC(=O)[C@H](Cc1ccc(O)cc1)NC(=O)[C@@H]1CSSC[C@H](NC(=O)[C@@H](N)Cc2ccc(O)cc2)C(=O)N[C@@H](CCCNC(=N)N)C(=O)N[C@@H](Cc2ccccc2)C(=O)N[C@@H](Cc2ccccc2)C(=O)N[C@@H](CC(N)=O)C(=O)N[C@@H](C)C(=O)N[C@@H](Cc2ccccc2)C(=O)N1)C(N)=O. The molecule has 40 nitrogen and oxygen atoms in total. The van der Waals surface area contributed by atoms with Crippen LogP contribution in [0.1, 0.15) is 113 Å². The second-order valence-corrected chi connectivity index (χ2v) is 33.6. The van der Waals surface area contributed by atoms with Gasteiger partial charge in [0.15, 0.2) is 11.9 Å². The molecule has 1 saturated heterocycles. The number of rotatable bonds is 39. The fraction of sp³-hybridized carbons (Fsp3) is 0.447. The Balaban J connectivity index is 1.45. The minimum Gasteiger partial charge on any atom is -0.508 e. The van der Waals surface area contributed by atoms with E-state index in [-0.39, 0.29) is 101 Å². The Bertz CT molecular complexity index is 4550. The van der Waals surface area contributed by atoms with E-state index in [1.807, 2.05) is 13.8 Å². The number of benzene rings is 5. The molecule has 0 aromatic heterocycles. The Hall–Kier alpha value is -13.1. The van der Waals surface area contributed by atoms with E-state index in [2.05, 4.69) is 79.8 Å². The number of nitrogens with two attached hydrogens (primary N) is 6. The van der Waals surface area contributed by atoms with Gasteiger partial charge in [0.2, 0.25) is 88.6 Å². The summed E-state index contributed by atoms with van der Waals surface area (Å²) in [4.78, 5) is 218. The third-order valence-corrected chi connectivity index (χ3v) is 22.5. The maximum absolute atomic E-state index is 15.5. The molecule has 127 heavy (non-hydrogen) atoms. The van der Waals surface area contributed by atoms with E-state index in [9.17, 15) is 53.4 Å². The highest BCUT2D eigenvalue weighted by molar-refractivity contribution is 8.76. The van der Waals surface area contributed by atoms with Gasteiger partial charge >= 0.3 is 0 Å². The van der Waals surface area contributed by atoms with E-state index in [1.165, 1.54) is 62.4 Å². The molecule has 0 unspecified atom stereocenters. The molecule has 14 atom stereocenters. The standard InChI is InChI=1S/C85H119N23O17S2/c1-47(2)38-61(70(89)112)101-75(117)58(24-14-15-35-86)99-74(116)59(25-16-36-94-84(90)91)98-71(113)48(3)96-77(119)62(43-54-29-33-56(110)34-30-54)105-83(125)68-46-127-126-45-67(107-73(115)57(87)39-53-27-31-55(109)32-28-53)82(124)100-60(26-17-37-95-85(92)93)76(118)103-64(41-51-20-10-6-11-21-51)79(121)104-65(42-52-22-12-7-13-23-52)80(122)106-66(44-69(88)111)78(120)97-49(4)72(114)102-63(81(123)108-68)40-50-18-8-5-9-19-50/h5-13,18-23,27-34,47-49,57-68,109-110H,14-17,24-26,35-46,86-87H2,1-4H3,(H2,88,111)(H2,89,112)(H,96,119)(H,97,120)(H,98,113)(H,99,116)(H,100,124)(H,101,117)(H,102,114)(H,103,118)(H,104,121)(H,105,125)(H,106,122)(H,107,115)(H,108,123)(H4,90,91,94)(H4,92,93,95)/t48-,49-,57-,58-,59-,60-,61-,62-,63-,64-,65-,66-,67-,68-/m0/s1. The van der Waals surface area contributed by atoms with Gasteiger partial charge in [-0.25, -0.2) is 0 Å². The Kier molecular flexibility index (Phi) is 43.1. The maximum Gasteiger partial charge on any atom is 0.244 e. The van der Waals surface area contributed by atoms with E-state index in [0.29, 0.717) is 40.7 Å². The van der Waals surface area contributed by atoms with Crippen molar-refractivity contribution in [2.75, 3.05) is 31.1 Å². The van der Waals surface area contributed by atoms with Crippen molar-refractivity contribution in [3.05, 3.63) is 167 Å². The van der Waals surface area contributed by atoms with Crippen molar-refractivity contribution in [2.24, 2.45) is 40.3 Å². The van der Waals surface area contributed by atoms with Crippen LogP contribution < -0.4 is 114 Å². The fourth-order valence-corrected chi connectivity index (χ4v) is 15.5. The number of hydrogen-bond donors (Lipinski definition) is 25. The molecule has 0 bridgehead atoms. The smallest absolute Gasteiger partial charge is 0.244 e. The van der Waals surface area contributed by atoms with Crippen molar-refractivity contribution in [1.82, 2.24) is 79.8 Å². The summed E-state index contributed by atoms with van der Waals surface area (Å²) in [5.74, 6) is -16.9. The van der Waals surface area contributed by atoms with Crippen LogP contribution in [-0.2, 0) is 104 Å². The zero-order valence-electron chi connectivity index (χ0n) is 71.2. The molecular weight excluding hydrogens is 1680 g/mol. The summed E-state index contributed by atoms with van der Waals surface area (Å²) >= 11 is 0. The summed E-state index contributed by atoms with van der Waals surface area (Å²) < 4.78 is 0. The Labute approximate surface area is 743 Å². The molecule has 5 aromatic rings. The number of aromatic hydroxyl groups is 2. The van der Waals surface area contributed by atoms with Gasteiger partial charge in [-0.05, 0) is 136 Å². The number of nitrogens with one attached hydrogen (secondary N) is 17. The van der Waals surface area contributed by atoms with Crippen LogP contribution in [-0.4, -0.2) is 226 Å². The summed E-state index contributed by atoms with van der Waals surface area (Å²) in [6.45, 7) is 6.37. The van der Waals surface area contributed by atoms with Crippen LogP contribution in [0.3, 0.4) is 0 Å². The number of carbonyl (C=O) groups excluding carboxylic acids is 15. The molecule has 1 heterocycles. The van der Waals surface area contributed by atoms with E-state index in [4.69, 9.17) is 45.2 Å². The van der Waals surface area contributed by atoms with E-state index < -0.39 is 209 Å². The van der Waals surface area contributed by atoms with Gasteiger partial charge in [0.05, 0.1) is 12.5 Å². The first-order chi connectivity index (χ1) is 60.4. The molecule has 1 aliphatic rings. The molecule has 0 saturated carbocycles. The fourth-order valence-electron chi connectivity index (χ4n) is 13.1. The largest absolute Gasteiger partial charge is 0.508 e. The van der Waals surface area contributed by atoms with E-state index >= 15 is 28.8 Å². The lowest BCUT2D eigenvalue weighted by Gasteiger charge is -2.28. The number of carbonyl (C=O) groups is 15. The normalized spacial score (nSPS) is 19.7. The number of phenolic OH excluding ortho intramolecular Hbond substituents is 2. The monoisotopic (exact) mass is 1800 g/mol. The highest BCUT2D eigenvalue weighted by atomic mass is 33.1. The molecule has 1 aliphatic heterocycles. The molecule has 6 rings (SSSR count). The van der Waals surface area contributed by atoms with Crippen molar-refractivity contribution in [3.8, 4) is 11.5 Å². The zero-order chi connectivity index (χ0) is 93.2. The summed E-state index contributed by atoms with van der Waals surface area (Å²) in [7, 11) is 1.68. The van der Waals surface area contributed by atoms with Crippen LogP contribution in [0.25, 0.3) is 0 Å². The van der Waals surface area contributed by atoms with E-state index in [1.54, 1.807) is 91.0 Å². The Morgan fingerprint density at radius 2 is 0.874 bits per heavy atom. The number of amides is 15. The molecule has 1 fully saturated rings. The number of unbranched alkanes of at least 4 members (excludes halogenated alkanes) is 1. The van der Waals surface area contributed by atoms with E-state index in [0.717, 1.165) is 21.6 Å². The van der Waals surface area contributed by atoms with Crippen LogP contribution in [0.4, 0.5) is 0 Å². The second-order valence-electron chi connectivity index (χ2n) is 31.1. The topological polar surface area (TPSA) is 681 Å². The van der Waals surface area contributed by atoms with Gasteiger partial charge < -0.3 is 124 Å². The van der Waals surface area contributed by atoms with Crippen molar-refractivity contribution >= 4 is 122 Å². The molecule has 0 radical (unpaired) electrons. The molecular formula is C85H119N23O17S2.